The summed E-state index contributed by atoms with van der Waals surface area (Å²) in [6.45, 7) is 7.15. The second-order valence-electron chi connectivity index (χ2n) is 5.87. The molecule has 0 saturated heterocycles. The Bertz CT molecular complexity index is 918. The number of sulfonamides is 1. The zero-order valence-electron chi connectivity index (χ0n) is 15.1. The fraction of sp³-hybridized carbons (Fsp3) is 0.211. The number of halogens is 1. The lowest BCUT2D eigenvalue weighted by atomic mass is 10.1. The predicted molar refractivity (Wildman–Crippen MR) is 107 cm³/mol. The molecule has 0 atom stereocenters. The van der Waals surface area contributed by atoms with E-state index in [-0.39, 0.29) is 24.0 Å². The molecule has 8 heteroatoms. The standard InChI is InChI=1S/C19H21ClN2O4S/c1-4-9-21-27(24,25)17-7-5-15(6-8-17)22-18(23)12-26-16-10-13(2)19(20)14(3)11-16/h4-8,10-11,21H,1,9,12H2,2-3H3,(H,22,23). The maximum Gasteiger partial charge on any atom is 0.262 e. The Balaban J connectivity index is 1.95. The first-order valence-corrected chi connectivity index (χ1v) is 9.99. The number of anilines is 1. The predicted octanol–water partition coefficient (Wildman–Crippen LogP) is 3.44. The van der Waals surface area contributed by atoms with Crippen LogP contribution in [0.15, 0.2) is 53.9 Å². The van der Waals surface area contributed by atoms with Crippen LogP contribution in [0.3, 0.4) is 0 Å². The van der Waals surface area contributed by atoms with Crippen molar-refractivity contribution in [1.29, 1.82) is 0 Å². The number of ether oxygens (including phenoxy) is 1. The number of carbonyl (C=O) groups excluding carboxylic acids is 1. The first-order chi connectivity index (χ1) is 12.7. The van der Waals surface area contributed by atoms with Crippen LogP contribution in [0.2, 0.25) is 5.02 Å². The minimum atomic E-state index is -3.60. The van der Waals surface area contributed by atoms with Gasteiger partial charge in [-0.05, 0) is 61.4 Å². The van der Waals surface area contributed by atoms with Crippen molar-refractivity contribution < 1.29 is 17.9 Å². The highest BCUT2D eigenvalue weighted by molar-refractivity contribution is 7.89. The molecule has 27 heavy (non-hydrogen) atoms. The monoisotopic (exact) mass is 408 g/mol. The van der Waals surface area contributed by atoms with E-state index < -0.39 is 10.0 Å². The summed E-state index contributed by atoms with van der Waals surface area (Å²) in [5.74, 6) is 0.194. The minimum absolute atomic E-state index is 0.103. The quantitative estimate of drug-likeness (QED) is 0.655. The highest BCUT2D eigenvalue weighted by atomic mass is 35.5. The van der Waals surface area contributed by atoms with Gasteiger partial charge < -0.3 is 10.1 Å². The first kappa shape index (κ1) is 21.0. The van der Waals surface area contributed by atoms with Crippen LogP contribution in [0.1, 0.15) is 11.1 Å². The molecule has 1 amide bonds. The topological polar surface area (TPSA) is 84.5 Å². The molecule has 2 aromatic rings. The second-order valence-corrected chi connectivity index (χ2v) is 8.02. The molecule has 2 rings (SSSR count). The van der Waals surface area contributed by atoms with Crippen LogP contribution in [0.25, 0.3) is 0 Å². The van der Waals surface area contributed by atoms with Gasteiger partial charge in [0.05, 0.1) is 4.90 Å². The molecule has 0 bridgehead atoms. The van der Waals surface area contributed by atoms with Gasteiger partial charge in [-0.25, -0.2) is 13.1 Å². The van der Waals surface area contributed by atoms with Gasteiger partial charge in [-0.2, -0.15) is 0 Å². The SMILES string of the molecule is C=CCNS(=O)(=O)c1ccc(NC(=O)COc2cc(C)c(Cl)c(C)c2)cc1. The van der Waals surface area contributed by atoms with E-state index in [4.69, 9.17) is 16.3 Å². The third kappa shape index (κ3) is 5.82. The van der Waals surface area contributed by atoms with E-state index in [9.17, 15) is 13.2 Å². The van der Waals surface area contributed by atoms with E-state index in [1.807, 2.05) is 13.8 Å². The Morgan fingerprint density at radius 1 is 1.19 bits per heavy atom. The maximum atomic E-state index is 12.0. The van der Waals surface area contributed by atoms with E-state index in [1.165, 1.54) is 30.3 Å². The fourth-order valence-electron chi connectivity index (χ4n) is 2.30. The maximum absolute atomic E-state index is 12.0. The van der Waals surface area contributed by atoms with Crippen LogP contribution in [0.4, 0.5) is 5.69 Å². The molecule has 0 heterocycles. The van der Waals surface area contributed by atoms with Crippen LogP contribution in [0.5, 0.6) is 5.75 Å². The van der Waals surface area contributed by atoms with Crippen molar-refractivity contribution in [2.24, 2.45) is 0 Å². The van der Waals surface area contributed by atoms with Gasteiger partial charge in [0, 0.05) is 17.3 Å². The average Bonchev–Trinajstić information content (AvgIpc) is 2.63. The molecule has 0 saturated carbocycles. The van der Waals surface area contributed by atoms with Gasteiger partial charge in [-0.1, -0.05) is 17.7 Å². The number of rotatable bonds is 8. The number of hydrogen-bond acceptors (Lipinski definition) is 4. The van der Waals surface area contributed by atoms with Gasteiger partial charge in [0.25, 0.3) is 5.91 Å². The highest BCUT2D eigenvalue weighted by Gasteiger charge is 2.13. The molecule has 0 fully saturated rings. The molecule has 2 N–H and O–H groups in total. The first-order valence-electron chi connectivity index (χ1n) is 8.13. The summed E-state index contributed by atoms with van der Waals surface area (Å²) < 4.78 is 31.8. The van der Waals surface area contributed by atoms with Crippen LogP contribution < -0.4 is 14.8 Å². The largest absolute Gasteiger partial charge is 0.484 e. The van der Waals surface area contributed by atoms with Crippen LogP contribution in [0, 0.1) is 13.8 Å². The molecule has 0 aromatic heterocycles. The summed E-state index contributed by atoms with van der Waals surface area (Å²) >= 11 is 6.11. The molecule has 0 aliphatic carbocycles. The minimum Gasteiger partial charge on any atom is -0.484 e. The zero-order chi connectivity index (χ0) is 20.0. The molecular weight excluding hydrogens is 388 g/mol. The Hall–Kier alpha value is -2.35. The zero-order valence-corrected chi connectivity index (χ0v) is 16.7. The van der Waals surface area contributed by atoms with Crippen molar-refractivity contribution >= 4 is 33.2 Å². The molecule has 0 unspecified atom stereocenters. The number of benzene rings is 2. The van der Waals surface area contributed by atoms with Crippen LogP contribution in [-0.4, -0.2) is 27.5 Å². The number of amides is 1. The Morgan fingerprint density at radius 3 is 2.33 bits per heavy atom. The van der Waals surface area contributed by atoms with Gasteiger partial charge >= 0.3 is 0 Å². The van der Waals surface area contributed by atoms with Crippen molar-refractivity contribution in [3.8, 4) is 5.75 Å². The lowest BCUT2D eigenvalue weighted by Gasteiger charge is -2.11. The van der Waals surface area contributed by atoms with E-state index >= 15 is 0 Å². The van der Waals surface area contributed by atoms with Crippen molar-refractivity contribution in [1.82, 2.24) is 4.72 Å². The smallest absolute Gasteiger partial charge is 0.262 e. The van der Waals surface area contributed by atoms with Gasteiger partial charge in [0.1, 0.15) is 5.75 Å². The van der Waals surface area contributed by atoms with Gasteiger partial charge in [0.2, 0.25) is 10.0 Å². The molecule has 2 aromatic carbocycles. The molecule has 0 aliphatic heterocycles. The van der Waals surface area contributed by atoms with E-state index in [2.05, 4.69) is 16.6 Å². The van der Waals surface area contributed by atoms with Crippen LogP contribution in [-0.2, 0) is 14.8 Å². The number of nitrogens with one attached hydrogen (secondary N) is 2. The van der Waals surface area contributed by atoms with E-state index in [0.29, 0.717) is 16.5 Å². The number of carbonyl (C=O) groups is 1. The summed E-state index contributed by atoms with van der Waals surface area (Å²) in [4.78, 5) is 12.1. The van der Waals surface area contributed by atoms with Crippen LogP contribution >= 0.6 is 11.6 Å². The van der Waals surface area contributed by atoms with Gasteiger partial charge in [0.15, 0.2) is 6.61 Å². The Labute approximate surface area is 164 Å². The molecule has 0 aliphatic rings. The van der Waals surface area contributed by atoms with Crippen molar-refractivity contribution in [2.75, 3.05) is 18.5 Å². The number of hydrogen-bond donors (Lipinski definition) is 2. The molecule has 0 radical (unpaired) electrons. The number of aryl methyl sites for hydroxylation is 2. The summed E-state index contributed by atoms with van der Waals surface area (Å²) in [6, 6.07) is 9.37. The van der Waals surface area contributed by atoms with E-state index in [0.717, 1.165) is 11.1 Å². The fourth-order valence-corrected chi connectivity index (χ4v) is 3.41. The summed E-state index contributed by atoms with van der Waals surface area (Å²) in [5.41, 5.74) is 2.21. The Morgan fingerprint density at radius 2 is 1.78 bits per heavy atom. The summed E-state index contributed by atoms with van der Waals surface area (Å²) in [7, 11) is -3.60. The molecule has 144 valence electrons. The normalized spacial score (nSPS) is 11.1. The molecular formula is C19H21ClN2O4S. The lowest BCUT2D eigenvalue weighted by Crippen LogP contribution is -2.23. The average molecular weight is 409 g/mol. The van der Waals surface area contributed by atoms with Crippen molar-refractivity contribution in [3.63, 3.8) is 0 Å². The Kier molecular flexibility index (Phi) is 7.01. The summed E-state index contributed by atoms with van der Waals surface area (Å²) in [6.07, 6.45) is 1.45. The second kappa shape index (κ2) is 9.03. The van der Waals surface area contributed by atoms with Crippen molar-refractivity contribution in [3.05, 3.63) is 65.2 Å². The van der Waals surface area contributed by atoms with E-state index in [1.54, 1.807) is 12.1 Å². The molecule has 6 nitrogen and oxygen atoms in total. The highest BCUT2D eigenvalue weighted by Crippen LogP contribution is 2.25. The third-order valence-electron chi connectivity index (χ3n) is 3.65. The lowest BCUT2D eigenvalue weighted by molar-refractivity contribution is -0.118. The van der Waals surface area contributed by atoms with Gasteiger partial charge in [-0.3, -0.25) is 4.79 Å². The third-order valence-corrected chi connectivity index (χ3v) is 5.68. The van der Waals surface area contributed by atoms with Gasteiger partial charge in [-0.15, -0.1) is 6.58 Å². The molecule has 0 spiro atoms. The summed E-state index contributed by atoms with van der Waals surface area (Å²) in [5, 5.41) is 3.32. The van der Waals surface area contributed by atoms with Crippen molar-refractivity contribution in [2.45, 2.75) is 18.7 Å².